The van der Waals surface area contributed by atoms with Gasteiger partial charge >= 0.3 is 5.97 Å². The lowest BCUT2D eigenvalue weighted by Gasteiger charge is -2.04. The van der Waals surface area contributed by atoms with Crippen LogP contribution in [0.4, 0.5) is 4.39 Å². The standard InChI is InChI=1S/C14H8FNO2/c15-13-7-2-1-6-12(13)14(17)18-11-5-3-4-10(8-11)9-16/h1-8H. The van der Waals surface area contributed by atoms with E-state index < -0.39 is 11.8 Å². The highest BCUT2D eigenvalue weighted by Crippen LogP contribution is 2.15. The van der Waals surface area contributed by atoms with Crippen molar-refractivity contribution >= 4 is 5.97 Å². The van der Waals surface area contributed by atoms with Gasteiger partial charge in [0, 0.05) is 0 Å². The van der Waals surface area contributed by atoms with Crippen molar-refractivity contribution < 1.29 is 13.9 Å². The number of ether oxygens (including phenoxy) is 1. The van der Waals surface area contributed by atoms with E-state index in [1.807, 2.05) is 6.07 Å². The SMILES string of the molecule is N#Cc1cccc(OC(=O)c2ccccc2F)c1. The fraction of sp³-hybridized carbons (Fsp3) is 0. The van der Waals surface area contributed by atoms with Crippen LogP contribution in [-0.4, -0.2) is 5.97 Å². The third-order valence-electron chi connectivity index (χ3n) is 2.27. The smallest absolute Gasteiger partial charge is 0.346 e. The van der Waals surface area contributed by atoms with Crippen LogP contribution in [0.3, 0.4) is 0 Å². The highest BCUT2D eigenvalue weighted by atomic mass is 19.1. The third kappa shape index (κ3) is 2.53. The molecule has 0 N–H and O–H groups in total. The molecule has 0 aliphatic heterocycles. The minimum Gasteiger partial charge on any atom is -0.423 e. The molecule has 0 aromatic heterocycles. The van der Waals surface area contributed by atoms with Crippen LogP contribution in [-0.2, 0) is 0 Å². The van der Waals surface area contributed by atoms with Gasteiger partial charge in [0.15, 0.2) is 0 Å². The highest BCUT2D eigenvalue weighted by molar-refractivity contribution is 5.91. The van der Waals surface area contributed by atoms with E-state index in [9.17, 15) is 9.18 Å². The number of hydrogen-bond acceptors (Lipinski definition) is 3. The molecule has 0 unspecified atom stereocenters. The summed E-state index contributed by atoms with van der Waals surface area (Å²) in [7, 11) is 0. The summed E-state index contributed by atoms with van der Waals surface area (Å²) in [5.74, 6) is -1.22. The summed E-state index contributed by atoms with van der Waals surface area (Å²) >= 11 is 0. The largest absolute Gasteiger partial charge is 0.423 e. The van der Waals surface area contributed by atoms with Crippen molar-refractivity contribution in [2.24, 2.45) is 0 Å². The molecule has 2 aromatic carbocycles. The summed E-state index contributed by atoms with van der Waals surface area (Å²) in [6, 6.07) is 13.6. The third-order valence-corrected chi connectivity index (χ3v) is 2.27. The quantitative estimate of drug-likeness (QED) is 0.600. The first-order valence-electron chi connectivity index (χ1n) is 5.17. The van der Waals surface area contributed by atoms with E-state index in [4.69, 9.17) is 10.00 Å². The van der Waals surface area contributed by atoms with Crippen LogP contribution in [0.1, 0.15) is 15.9 Å². The molecule has 0 fully saturated rings. The molecular weight excluding hydrogens is 233 g/mol. The van der Waals surface area contributed by atoms with E-state index in [0.717, 1.165) is 0 Å². The number of carbonyl (C=O) groups excluding carboxylic acids is 1. The molecule has 4 heteroatoms. The van der Waals surface area contributed by atoms with E-state index in [1.54, 1.807) is 18.2 Å². The fourth-order valence-electron chi connectivity index (χ4n) is 1.42. The number of carbonyl (C=O) groups is 1. The van der Waals surface area contributed by atoms with Gasteiger partial charge in [0.05, 0.1) is 17.2 Å². The Kier molecular flexibility index (Phi) is 3.35. The Hall–Kier alpha value is -2.67. The number of hydrogen-bond donors (Lipinski definition) is 0. The Balaban J connectivity index is 2.22. The van der Waals surface area contributed by atoms with Gasteiger partial charge in [-0.2, -0.15) is 5.26 Å². The maximum atomic E-state index is 13.3. The summed E-state index contributed by atoms with van der Waals surface area (Å²) in [6.07, 6.45) is 0. The average molecular weight is 241 g/mol. The van der Waals surface area contributed by atoms with Crippen LogP contribution in [0, 0.1) is 17.1 Å². The van der Waals surface area contributed by atoms with E-state index in [2.05, 4.69) is 0 Å². The van der Waals surface area contributed by atoms with Crippen molar-refractivity contribution in [1.29, 1.82) is 5.26 Å². The van der Waals surface area contributed by atoms with E-state index >= 15 is 0 Å². The Morgan fingerprint density at radius 1 is 1.17 bits per heavy atom. The molecule has 0 heterocycles. The molecule has 2 aromatic rings. The molecule has 0 aliphatic rings. The maximum absolute atomic E-state index is 13.3. The van der Waals surface area contributed by atoms with Gasteiger partial charge in [-0.15, -0.1) is 0 Å². The molecule has 88 valence electrons. The number of nitrogens with zero attached hydrogens (tertiary/aromatic N) is 1. The number of halogens is 1. The van der Waals surface area contributed by atoms with Crippen LogP contribution in [0.15, 0.2) is 48.5 Å². The molecule has 0 amide bonds. The molecular formula is C14H8FNO2. The first-order chi connectivity index (χ1) is 8.70. The minimum absolute atomic E-state index is 0.139. The lowest BCUT2D eigenvalue weighted by Crippen LogP contribution is -2.10. The van der Waals surface area contributed by atoms with Gasteiger partial charge in [0.25, 0.3) is 0 Å². The van der Waals surface area contributed by atoms with Crippen LogP contribution in [0.2, 0.25) is 0 Å². The maximum Gasteiger partial charge on any atom is 0.346 e. The summed E-state index contributed by atoms with van der Waals surface area (Å²) in [5.41, 5.74) is 0.230. The zero-order valence-electron chi connectivity index (χ0n) is 9.26. The molecule has 0 saturated carbocycles. The number of benzene rings is 2. The van der Waals surface area contributed by atoms with Gasteiger partial charge in [0.1, 0.15) is 11.6 Å². The molecule has 0 aliphatic carbocycles. The first kappa shape index (κ1) is 11.8. The van der Waals surface area contributed by atoms with Crippen molar-refractivity contribution in [3.05, 3.63) is 65.5 Å². The van der Waals surface area contributed by atoms with Gasteiger partial charge in [0.2, 0.25) is 0 Å². The molecule has 2 rings (SSSR count). The summed E-state index contributed by atoms with van der Waals surface area (Å²) < 4.78 is 18.3. The van der Waals surface area contributed by atoms with Crippen molar-refractivity contribution in [2.75, 3.05) is 0 Å². The van der Waals surface area contributed by atoms with Gasteiger partial charge in [-0.05, 0) is 30.3 Å². The second kappa shape index (κ2) is 5.11. The zero-order chi connectivity index (χ0) is 13.0. The van der Waals surface area contributed by atoms with E-state index in [-0.39, 0.29) is 11.3 Å². The predicted octanol–water partition coefficient (Wildman–Crippen LogP) is 2.92. The lowest BCUT2D eigenvalue weighted by atomic mass is 10.2. The van der Waals surface area contributed by atoms with E-state index in [0.29, 0.717) is 5.56 Å². The van der Waals surface area contributed by atoms with Crippen LogP contribution >= 0.6 is 0 Å². The average Bonchev–Trinajstić information content (AvgIpc) is 2.39. The number of esters is 1. The summed E-state index contributed by atoms with van der Waals surface area (Å²) in [4.78, 5) is 11.7. The Bertz CT molecular complexity index is 632. The van der Waals surface area contributed by atoms with Gasteiger partial charge in [-0.3, -0.25) is 0 Å². The number of rotatable bonds is 2. The first-order valence-corrected chi connectivity index (χ1v) is 5.17. The second-order valence-electron chi connectivity index (χ2n) is 3.51. The Morgan fingerprint density at radius 3 is 2.67 bits per heavy atom. The molecule has 0 atom stereocenters. The van der Waals surface area contributed by atoms with Crippen molar-refractivity contribution in [2.45, 2.75) is 0 Å². The second-order valence-corrected chi connectivity index (χ2v) is 3.51. The van der Waals surface area contributed by atoms with Gasteiger partial charge in [-0.25, -0.2) is 9.18 Å². The number of nitriles is 1. The van der Waals surface area contributed by atoms with Crippen molar-refractivity contribution in [3.8, 4) is 11.8 Å². The monoisotopic (exact) mass is 241 g/mol. The zero-order valence-corrected chi connectivity index (χ0v) is 9.26. The van der Waals surface area contributed by atoms with Crippen molar-refractivity contribution in [1.82, 2.24) is 0 Å². The van der Waals surface area contributed by atoms with Gasteiger partial charge in [-0.1, -0.05) is 18.2 Å². The predicted molar refractivity (Wildman–Crippen MR) is 62.5 cm³/mol. The molecule has 18 heavy (non-hydrogen) atoms. The molecule has 0 radical (unpaired) electrons. The normalized spacial score (nSPS) is 9.56. The highest BCUT2D eigenvalue weighted by Gasteiger charge is 2.13. The van der Waals surface area contributed by atoms with Crippen LogP contribution in [0.25, 0.3) is 0 Å². The molecule has 0 bridgehead atoms. The fourth-order valence-corrected chi connectivity index (χ4v) is 1.42. The van der Waals surface area contributed by atoms with E-state index in [1.165, 1.54) is 30.3 Å². The van der Waals surface area contributed by atoms with Gasteiger partial charge < -0.3 is 4.74 Å². The van der Waals surface area contributed by atoms with Crippen molar-refractivity contribution in [3.63, 3.8) is 0 Å². The Labute approximate surface area is 103 Å². The summed E-state index contributed by atoms with van der Waals surface area (Å²) in [6.45, 7) is 0. The summed E-state index contributed by atoms with van der Waals surface area (Å²) in [5, 5.41) is 8.71. The van der Waals surface area contributed by atoms with Crippen LogP contribution < -0.4 is 4.74 Å². The lowest BCUT2D eigenvalue weighted by molar-refractivity contribution is 0.0730. The topological polar surface area (TPSA) is 50.1 Å². The molecule has 3 nitrogen and oxygen atoms in total. The molecule has 0 spiro atoms. The molecule has 0 saturated heterocycles. The Morgan fingerprint density at radius 2 is 1.94 bits per heavy atom. The minimum atomic E-state index is -0.789. The van der Waals surface area contributed by atoms with Crippen LogP contribution in [0.5, 0.6) is 5.75 Å².